The number of hydrogen-bond acceptors (Lipinski definition) is 3. The molecule has 33 heavy (non-hydrogen) atoms. The van der Waals surface area contributed by atoms with Crippen molar-refractivity contribution in [2.24, 2.45) is 4.99 Å². The molecule has 5 nitrogen and oxygen atoms in total. The molecule has 4 rings (SSSR count). The zero-order valence-corrected chi connectivity index (χ0v) is 19.1. The summed E-state index contributed by atoms with van der Waals surface area (Å²) in [5.74, 6) is -1.29. The van der Waals surface area contributed by atoms with Crippen LogP contribution in [-0.2, 0) is 10.2 Å². The molecular weight excluding hydrogens is 417 g/mol. The summed E-state index contributed by atoms with van der Waals surface area (Å²) >= 11 is 0. The van der Waals surface area contributed by atoms with Gasteiger partial charge in [0.2, 0.25) is 6.17 Å². The Balaban J connectivity index is 1.73. The van der Waals surface area contributed by atoms with E-state index in [1.165, 1.54) is 11.0 Å². The van der Waals surface area contributed by atoms with Crippen molar-refractivity contribution in [2.75, 3.05) is 11.9 Å². The molecule has 168 valence electrons. The van der Waals surface area contributed by atoms with Gasteiger partial charge in [-0.3, -0.25) is 9.59 Å². The molecule has 0 unspecified atom stereocenters. The van der Waals surface area contributed by atoms with E-state index in [1.54, 1.807) is 55.6 Å². The van der Waals surface area contributed by atoms with Crippen molar-refractivity contribution in [3.8, 4) is 0 Å². The van der Waals surface area contributed by atoms with Crippen molar-refractivity contribution in [3.05, 3.63) is 101 Å². The van der Waals surface area contributed by atoms with Crippen molar-refractivity contribution >= 4 is 23.2 Å². The van der Waals surface area contributed by atoms with Crippen LogP contribution in [0.1, 0.15) is 47.8 Å². The van der Waals surface area contributed by atoms with Crippen molar-refractivity contribution in [2.45, 2.75) is 32.4 Å². The zero-order chi connectivity index (χ0) is 23.8. The van der Waals surface area contributed by atoms with Crippen LogP contribution in [0.15, 0.2) is 77.8 Å². The molecule has 1 atom stereocenters. The zero-order valence-electron chi connectivity index (χ0n) is 19.1. The van der Waals surface area contributed by atoms with Gasteiger partial charge in [-0.1, -0.05) is 63.2 Å². The van der Waals surface area contributed by atoms with Gasteiger partial charge in [0.15, 0.2) is 0 Å². The van der Waals surface area contributed by atoms with Crippen molar-refractivity contribution in [1.29, 1.82) is 0 Å². The first-order chi connectivity index (χ1) is 15.7. The van der Waals surface area contributed by atoms with Crippen LogP contribution in [0.4, 0.5) is 10.1 Å². The number of nitrogens with zero attached hydrogens (tertiary/aromatic N) is 2. The summed E-state index contributed by atoms with van der Waals surface area (Å²) in [5, 5.41) is 2.73. The van der Waals surface area contributed by atoms with Gasteiger partial charge in [0.25, 0.3) is 11.8 Å². The summed E-state index contributed by atoms with van der Waals surface area (Å²) in [6.07, 6.45) is -1.20. The fraction of sp³-hybridized carbons (Fsp3) is 0.222. The summed E-state index contributed by atoms with van der Waals surface area (Å²) in [6.45, 7) is 6.29. The number of hydrogen-bond donors (Lipinski definition) is 1. The van der Waals surface area contributed by atoms with Crippen LogP contribution < -0.4 is 10.2 Å². The van der Waals surface area contributed by atoms with E-state index in [-0.39, 0.29) is 11.0 Å². The summed E-state index contributed by atoms with van der Waals surface area (Å²) in [7, 11) is 1.62. The fourth-order valence-electron chi connectivity index (χ4n) is 3.81. The highest BCUT2D eigenvalue weighted by atomic mass is 19.1. The molecule has 1 aliphatic rings. The molecule has 0 bridgehead atoms. The Hall–Kier alpha value is -3.80. The first kappa shape index (κ1) is 22.4. The molecule has 0 aromatic heterocycles. The number of para-hydroxylation sites is 1. The Morgan fingerprint density at radius 3 is 2.18 bits per heavy atom. The Bertz CT molecular complexity index is 1240. The van der Waals surface area contributed by atoms with Gasteiger partial charge in [-0.2, -0.15) is 0 Å². The third kappa shape index (κ3) is 4.42. The third-order valence-electron chi connectivity index (χ3n) is 5.75. The number of nitrogens with one attached hydrogen (secondary N) is 1. The molecule has 3 aromatic rings. The van der Waals surface area contributed by atoms with Crippen LogP contribution >= 0.6 is 0 Å². The van der Waals surface area contributed by atoms with Gasteiger partial charge in [0.1, 0.15) is 5.82 Å². The number of amides is 2. The molecule has 1 N–H and O–H groups in total. The van der Waals surface area contributed by atoms with Crippen LogP contribution in [-0.4, -0.2) is 30.7 Å². The third-order valence-corrected chi connectivity index (χ3v) is 5.75. The minimum absolute atomic E-state index is 0.0420. The number of halogens is 1. The molecule has 0 spiro atoms. The first-order valence-corrected chi connectivity index (χ1v) is 10.8. The van der Waals surface area contributed by atoms with Gasteiger partial charge in [-0.25, -0.2) is 9.38 Å². The Kier molecular flexibility index (Phi) is 5.85. The molecule has 0 saturated heterocycles. The number of benzene rings is 3. The molecule has 1 aliphatic heterocycles. The predicted molar refractivity (Wildman–Crippen MR) is 128 cm³/mol. The maximum absolute atomic E-state index is 14.7. The molecule has 6 heteroatoms. The van der Waals surface area contributed by atoms with Crippen LogP contribution in [0.3, 0.4) is 0 Å². The van der Waals surface area contributed by atoms with Crippen molar-refractivity contribution in [3.63, 3.8) is 0 Å². The Morgan fingerprint density at radius 1 is 0.939 bits per heavy atom. The lowest BCUT2D eigenvalue weighted by Gasteiger charge is -2.21. The molecule has 3 aromatic carbocycles. The van der Waals surface area contributed by atoms with E-state index in [0.29, 0.717) is 22.5 Å². The van der Waals surface area contributed by atoms with Gasteiger partial charge < -0.3 is 10.2 Å². The van der Waals surface area contributed by atoms with E-state index >= 15 is 0 Å². The number of fused-ring (bicyclic) bond motifs is 1. The molecule has 0 radical (unpaired) electrons. The maximum atomic E-state index is 14.7. The summed E-state index contributed by atoms with van der Waals surface area (Å²) in [6, 6.07) is 20.7. The fourth-order valence-corrected chi connectivity index (χ4v) is 3.81. The predicted octanol–water partition coefficient (Wildman–Crippen LogP) is 4.69. The average Bonchev–Trinajstić information content (AvgIpc) is 2.90. The van der Waals surface area contributed by atoms with E-state index in [0.717, 1.165) is 5.56 Å². The lowest BCUT2D eigenvalue weighted by Crippen LogP contribution is -2.46. The van der Waals surface area contributed by atoms with Crippen molar-refractivity contribution in [1.82, 2.24) is 5.32 Å². The molecule has 0 aliphatic carbocycles. The number of rotatable bonds is 3. The summed E-state index contributed by atoms with van der Waals surface area (Å²) < 4.78 is 14.7. The monoisotopic (exact) mass is 443 g/mol. The normalized spacial score (nSPS) is 16.0. The average molecular weight is 444 g/mol. The van der Waals surface area contributed by atoms with Gasteiger partial charge in [-0.05, 0) is 41.3 Å². The van der Waals surface area contributed by atoms with Gasteiger partial charge in [0, 0.05) is 23.7 Å². The Labute approximate surface area is 193 Å². The standard InChI is InChI=1S/C27H26FN3O2/c1-27(2,3)18-15-13-17(14-16-18)25(32)30-24-26(33)31(4)22-12-8-6-10-20(22)23(29-24)19-9-5-7-11-21(19)28/h5-16,24H,1-4H3,(H,30,32)/t24-/m1/s1. The number of aliphatic imine (C=N–C) groups is 1. The van der Waals surface area contributed by atoms with E-state index < -0.39 is 23.8 Å². The second-order valence-corrected chi connectivity index (χ2v) is 9.08. The minimum atomic E-state index is -1.20. The summed E-state index contributed by atoms with van der Waals surface area (Å²) in [4.78, 5) is 32.2. The highest BCUT2D eigenvalue weighted by Gasteiger charge is 2.31. The first-order valence-electron chi connectivity index (χ1n) is 10.8. The minimum Gasteiger partial charge on any atom is -0.322 e. The highest BCUT2D eigenvalue weighted by Crippen LogP contribution is 2.28. The number of carbonyl (C=O) groups excluding carboxylic acids is 2. The number of likely N-dealkylation sites (N-methyl/N-ethyl adjacent to an activating group) is 1. The topological polar surface area (TPSA) is 61.8 Å². The van der Waals surface area contributed by atoms with Gasteiger partial charge in [-0.15, -0.1) is 0 Å². The summed E-state index contributed by atoms with van der Waals surface area (Å²) in [5.41, 5.74) is 3.26. The number of carbonyl (C=O) groups is 2. The number of anilines is 1. The molecular formula is C27H26FN3O2. The van der Waals surface area contributed by atoms with Crippen LogP contribution in [0.5, 0.6) is 0 Å². The van der Waals surface area contributed by atoms with Crippen molar-refractivity contribution < 1.29 is 14.0 Å². The quantitative estimate of drug-likeness (QED) is 0.638. The van der Waals surface area contributed by atoms with E-state index in [9.17, 15) is 14.0 Å². The lowest BCUT2D eigenvalue weighted by molar-refractivity contribution is -0.119. The van der Waals surface area contributed by atoms with E-state index in [1.807, 2.05) is 18.2 Å². The van der Waals surface area contributed by atoms with Gasteiger partial charge >= 0.3 is 0 Å². The SMILES string of the molecule is CN1C(=O)[C@@H](NC(=O)c2ccc(C(C)(C)C)cc2)N=C(c2ccccc2F)c2ccccc21. The van der Waals surface area contributed by atoms with Crippen LogP contribution in [0.2, 0.25) is 0 Å². The maximum Gasteiger partial charge on any atom is 0.272 e. The smallest absolute Gasteiger partial charge is 0.272 e. The van der Waals surface area contributed by atoms with Crippen LogP contribution in [0.25, 0.3) is 0 Å². The number of benzodiazepines with no additional fused rings is 1. The van der Waals surface area contributed by atoms with Crippen LogP contribution in [0, 0.1) is 5.82 Å². The largest absolute Gasteiger partial charge is 0.322 e. The molecule has 0 fully saturated rings. The van der Waals surface area contributed by atoms with Gasteiger partial charge in [0.05, 0.1) is 11.4 Å². The molecule has 2 amide bonds. The second kappa shape index (κ2) is 8.62. The van der Waals surface area contributed by atoms with E-state index in [2.05, 4.69) is 31.1 Å². The lowest BCUT2D eigenvalue weighted by atomic mass is 9.87. The Morgan fingerprint density at radius 2 is 1.55 bits per heavy atom. The molecule has 1 heterocycles. The second-order valence-electron chi connectivity index (χ2n) is 9.08. The van der Waals surface area contributed by atoms with E-state index in [4.69, 9.17) is 0 Å². The highest BCUT2D eigenvalue weighted by molar-refractivity contribution is 6.20. The molecule has 0 saturated carbocycles.